The van der Waals surface area contributed by atoms with E-state index in [2.05, 4.69) is 66.6 Å². The van der Waals surface area contributed by atoms with Crippen molar-refractivity contribution in [2.24, 2.45) is 0 Å². The smallest absolute Gasteiger partial charge is 0.0209 e. The molecule has 1 aromatic rings. The molecule has 0 nitrogen and oxygen atoms in total. The summed E-state index contributed by atoms with van der Waals surface area (Å²) >= 11 is 5.33. The third-order valence-corrected chi connectivity index (χ3v) is 3.31. The molecule has 2 atom stereocenters. The molecule has 3 heteroatoms. The Morgan fingerprint density at radius 2 is 2.00 bits per heavy atom. The zero-order valence-electron chi connectivity index (χ0n) is 10.2. The fourth-order valence-electron chi connectivity index (χ4n) is 1.39. The van der Waals surface area contributed by atoms with E-state index in [1.54, 1.807) is 18.0 Å². The van der Waals surface area contributed by atoms with Gasteiger partial charge in [-0.3, -0.25) is 0 Å². The molecule has 0 N–H and O–H groups in total. The Balaban J connectivity index is 0.00000106. The zero-order valence-corrected chi connectivity index (χ0v) is 13.1. The Hall–Kier alpha value is 0.0900. The van der Waals surface area contributed by atoms with Crippen molar-refractivity contribution in [2.45, 2.75) is 25.3 Å². The first kappa shape index (κ1) is 16.1. The number of aryl methyl sites for hydroxylation is 1. The maximum atomic E-state index is 4.12. The monoisotopic (exact) mass is 272 g/mol. The minimum atomic E-state index is 0.521. The predicted octanol–water partition coefficient (Wildman–Crippen LogP) is 4.72. The Labute approximate surface area is 112 Å². The van der Waals surface area contributed by atoms with Crippen LogP contribution in [0.15, 0.2) is 30.8 Å². The molecule has 0 aliphatic heterocycles. The lowest BCUT2D eigenvalue weighted by Gasteiger charge is -2.11. The van der Waals surface area contributed by atoms with Crippen LogP contribution in [0.5, 0.6) is 0 Å². The summed E-state index contributed by atoms with van der Waals surface area (Å²) in [4.78, 5) is 1.69. The molecule has 16 heavy (non-hydrogen) atoms. The van der Waals surface area contributed by atoms with Gasteiger partial charge in [-0.15, -0.1) is 21.0 Å². The molecule has 0 saturated carbocycles. The normalized spacial score (nSPS) is 11.3. The second kappa shape index (κ2) is 9.15. The SMILES string of the molecule is C=C(SC(C)P)c1ccccc1CC.CS. The van der Waals surface area contributed by atoms with E-state index in [4.69, 9.17) is 0 Å². The number of hydrogen-bond acceptors (Lipinski definition) is 2. The Bertz CT molecular complexity index is 321. The Morgan fingerprint density at radius 3 is 2.50 bits per heavy atom. The molecule has 1 rings (SSSR count). The van der Waals surface area contributed by atoms with Gasteiger partial charge in [0.1, 0.15) is 0 Å². The number of thioether (sulfide) groups is 1. The lowest BCUT2D eigenvalue weighted by Crippen LogP contribution is -1.90. The fourth-order valence-corrected chi connectivity index (χ4v) is 2.66. The fraction of sp³-hybridized carbons (Fsp3) is 0.385. The average Bonchev–Trinajstić information content (AvgIpc) is 2.30. The molecule has 90 valence electrons. The quantitative estimate of drug-likeness (QED) is 0.611. The van der Waals surface area contributed by atoms with E-state index in [1.807, 2.05) is 0 Å². The third kappa shape index (κ3) is 5.43. The lowest BCUT2D eigenvalue weighted by molar-refractivity contribution is 1.13. The minimum Gasteiger partial charge on any atom is -0.183 e. The van der Waals surface area contributed by atoms with Crippen molar-refractivity contribution in [3.05, 3.63) is 42.0 Å². The molecular weight excluding hydrogens is 251 g/mol. The van der Waals surface area contributed by atoms with Gasteiger partial charge in [0, 0.05) is 9.90 Å². The highest BCUT2D eigenvalue weighted by Gasteiger charge is 2.05. The number of rotatable bonds is 4. The first-order chi connectivity index (χ1) is 7.65. The van der Waals surface area contributed by atoms with Crippen LogP contribution in [0.3, 0.4) is 0 Å². The van der Waals surface area contributed by atoms with Crippen molar-refractivity contribution in [3.8, 4) is 0 Å². The van der Waals surface area contributed by atoms with Crippen LogP contribution < -0.4 is 0 Å². The lowest BCUT2D eigenvalue weighted by atomic mass is 10.1. The third-order valence-electron chi connectivity index (χ3n) is 2.03. The zero-order chi connectivity index (χ0) is 12.6. The summed E-state index contributed by atoms with van der Waals surface area (Å²) in [5.74, 6) is 0. The summed E-state index contributed by atoms with van der Waals surface area (Å²) in [5.41, 5.74) is 2.69. The summed E-state index contributed by atoms with van der Waals surface area (Å²) in [6, 6.07) is 8.49. The molecule has 0 radical (unpaired) electrons. The molecule has 0 aromatic heterocycles. The summed E-state index contributed by atoms with van der Waals surface area (Å²) in [6.07, 6.45) is 2.76. The van der Waals surface area contributed by atoms with Gasteiger partial charge < -0.3 is 0 Å². The largest absolute Gasteiger partial charge is 0.183 e. The maximum absolute atomic E-state index is 4.12. The van der Waals surface area contributed by atoms with Gasteiger partial charge in [-0.1, -0.05) is 37.8 Å². The molecular formula is C13H21PS2. The summed E-state index contributed by atoms with van der Waals surface area (Å²) in [7, 11) is 2.79. The van der Waals surface area contributed by atoms with E-state index in [1.165, 1.54) is 16.0 Å². The van der Waals surface area contributed by atoms with Crippen molar-refractivity contribution in [1.82, 2.24) is 0 Å². The van der Waals surface area contributed by atoms with Crippen LogP contribution in [0.25, 0.3) is 4.91 Å². The van der Waals surface area contributed by atoms with Crippen LogP contribution in [0.1, 0.15) is 25.0 Å². The second-order valence-corrected chi connectivity index (χ2v) is 6.21. The highest BCUT2D eigenvalue weighted by molar-refractivity contribution is 8.11. The minimum absolute atomic E-state index is 0.521. The van der Waals surface area contributed by atoms with Gasteiger partial charge in [0.2, 0.25) is 0 Å². The van der Waals surface area contributed by atoms with Gasteiger partial charge in [0.25, 0.3) is 0 Å². The van der Waals surface area contributed by atoms with E-state index < -0.39 is 0 Å². The Morgan fingerprint density at radius 1 is 1.44 bits per heavy atom. The molecule has 0 bridgehead atoms. The molecule has 0 heterocycles. The van der Waals surface area contributed by atoms with Gasteiger partial charge in [0.05, 0.1) is 0 Å². The van der Waals surface area contributed by atoms with Gasteiger partial charge in [-0.25, -0.2) is 0 Å². The number of hydrogen-bond donors (Lipinski definition) is 1. The van der Waals surface area contributed by atoms with E-state index in [9.17, 15) is 0 Å². The van der Waals surface area contributed by atoms with Gasteiger partial charge in [-0.2, -0.15) is 12.6 Å². The van der Waals surface area contributed by atoms with E-state index in [0.717, 1.165) is 6.42 Å². The molecule has 0 saturated heterocycles. The standard InChI is InChI=1S/C12H17PS.CH4S/c1-4-11-7-5-6-8-12(11)9(2)14-10(3)13;1-2/h5-8,10H,2,4,13H2,1,3H3;2H,1H3. The Kier molecular flexibility index (Phi) is 9.21. The van der Waals surface area contributed by atoms with Crippen molar-refractivity contribution < 1.29 is 0 Å². The van der Waals surface area contributed by atoms with Gasteiger partial charge >= 0.3 is 0 Å². The van der Waals surface area contributed by atoms with E-state index in [-0.39, 0.29) is 0 Å². The van der Waals surface area contributed by atoms with Crippen molar-refractivity contribution >= 4 is 38.5 Å². The van der Waals surface area contributed by atoms with E-state index >= 15 is 0 Å². The van der Waals surface area contributed by atoms with Gasteiger partial charge in [-0.05, 0) is 30.7 Å². The predicted molar refractivity (Wildman–Crippen MR) is 86.5 cm³/mol. The van der Waals surface area contributed by atoms with Crippen molar-refractivity contribution in [3.63, 3.8) is 0 Å². The van der Waals surface area contributed by atoms with E-state index in [0.29, 0.717) is 4.99 Å². The van der Waals surface area contributed by atoms with Crippen molar-refractivity contribution in [2.75, 3.05) is 6.26 Å². The molecule has 0 aliphatic carbocycles. The number of thiol groups is 1. The van der Waals surface area contributed by atoms with Crippen LogP contribution in [-0.4, -0.2) is 11.2 Å². The van der Waals surface area contributed by atoms with Crippen LogP contribution in [-0.2, 0) is 6.42 Å². The summed E-state index contributed by atoms with van der Waals surface area (Å²) in [6.45, 7) is 8.47. The summed E-state index contributed by atoms with van der Waals surface area (Å²) < 4.78 is 0. The topological polar surface area (TPSA) is 0 Å². The van der Waals surface area contributed by atoms with Crippen molar-refractivity contribution in [1.29, 1.82) is 0 Å². The first-order valence-electron chi connectivity index (χ1n) is 5.29. The first-order valence-corrected chi connectivity index (χ1v) is 7.73. The molecule has 0 aliphatic rings. The number of benzene rings is 1. The molecule has 2 unspecified atom stereocenters. The maximum Gasteiger partial charge on any atom is 0.0209 e. The molecule has 0 amide bonds. The van der Waals surface area contributed by atoms with Crippen LogP contribution in [0.4, 0.5) is 0 Å². The summed E-state index contributed by atoms with van der Waals surface area (Å²) in [5, 5.41) is 0. The van der Waals surface area contributed by atoms with Crippen LogP contribution >= 0.6 is 33.6 Å². The molecule has 0 fully saturated rings. The highest BCUT2D eigenvalue weighted by atomic mass is 32.2. The second-order valence-electron chi connectivity index (χ2n) is 3.26. The molecule has 1 aromatic carbocycles. The van der Waals surface area contributed by atoms with Crippen LogP contribution in [0.2, 0.25) is 0 Å². The van der Waals surface area contributed by atoms with Gasteiger partial charge in [0.15, 0.2) is 0 Å². The average molecular weight is 272 g/mol. The highest BCUT2D eigenvalue weighted by Crippen LogP contribution is 2.33. The van der Waals surface area contributed by atoms with Crippen LogP contribution in [0, 0.1) is 0 Å². The molecule has 0 spiro atoms.